The highest BCUT2D eigenvalue weighted by Crippen LogP contribution is 2.12. The molecule has 0 aliphatic carbocycles. The Balaban J connectivity index is 2.44. The largest absolute Gasteiger partial charge is 0.393 e. The van der Waals surface area contributed by atoms with Gasteiger partial charge in [-0.1, -0.05) is 25.0 Å². The summed E-state index contributed by atoms with van der Waals surface area (Å²) in [5.41, 5.74) is 1.17. The maximum Gasteiger partial charge on any atom is 0.230 e. The second kappa shape index (κ2) is 11.8. The lowest BCUT2D eigenvalue weighted by Gasteiger charge is -2.20. The van der Waals surface area contributed by atoms with Crippen molar-refractivity contribution in [1.82, 2.24) is 4.90 Å². The van der Waals surface area contributed by atoms with Crippen LogP contribution in [0.15, 0.2) is 24.3 Å². The van der Waals surface area contributed by atoms with E-state index in [0.717, 1.165) is 37.5 Å². The number of hydrogen-bond acceptors (Lipinski definition) is 5. The Morgan fingerprint density at radius 3 is 2.32 bits per heavy atom. The van der Waals surface area contributed by atoms with E-state index in [1.54, 1.807) is 36.1 Å². The molecule has 1 unspecified atom stereocenters. The molecule has 0 heterocycles. The van der Waals surface area contributed by atoms with Gasteiger partial charge in [-0.25, -0.2) is 8.42 Å². The van der Waals surface area contributed by atoms with E-state index in [0.29, 0.717) is 18.8 Å². The number of ketones is 1. The topological polar surface area (TPSA) is 104 Å². The normalized spacial score (nSPS) is 12.4. The van der Waals surface area contributed by atoms with Crippen molar-refractivity contribution in [1.29, 1.82) is 0 Å². The molecule has 0 radical (unpaired) electrons. The maximum atomic E-state index is 12.3. The molecule has 0 aromatic heterocycles. The van der Waals surface area contributed by atoms with Gasteiger partial charge in [0.1, 0.15) is 5.78 Å². The number of amides is 1. The molecule has 0 fully saturated rings. The molecule has 158 valence electrons. The fourth-order valence-corrected chi connectivity index (χ4v) is 3.42. The van der Waals surface area contributed by atoms with Crippen LogP contribution in [-0.2, 0) is 26.0 Å². The van der Waals surface area contributed by atoms with Crippen molar-refractivity contribution in [2.45, 2.75) is 58.5 Å². The molecule has 0 bridgehead atoms. The van der Waals surface area contributed by atoms with Crippen molar-refractivity contribution in [2.75, 3.05) is 24.1 Å². The van der Waals surface area contributed by atoms with E-state index >= 15 is 0 Å². The number of carbonyl (C=O) groups is 2. The minimum Gasteiger partial charge on any atom is -0.393 e. The van der Waals surface area contributed by atoms with Crippen LogP contribution in [0.1, 0.15) is 51.5 Å². The SMILES string of the molecule is CCN(CCCCCC(C)O)C(=O)CC(=O)Cc1ccc(NS(C)(=O)=O)cc1. The number of aliphatic hydroxyl groups is 1. The third-order valence-corrected chi connectivity index (χ3v) is 4.90. The van der Waals surface area contributed by atoms with Crippen LogP contribution in [0.3, 0.4) is 0 Å². The van der Waals surface area contributed by atoms with Crippen molar-refractivity contribution < 1.29 is 23.1 Å². The van der Waals surface area contributed by atoms with E-state index in [1.165, 1.54) is 0 Å². The molecular weight excluding hydrogens is 380 g/mol. The second-order valence-corrected chi connectivity index (χ2v) is 8.88. The Morgan fingerprint density at radius 1 is 1.14 bits per heavy atom. The quantitative estimate of drug-likeness (QED) is 0.382. The summed E-state index contributed by atoms with van der Waals surface area (Å²) in [4.78, 5) is 26.3. The predicted octanol–water partition coefficient (Wildman–Crippen LogP) is 2.35. The zero-order chi connectivity index (χ0) is 21.2. The average molecular weight is 413 g/mol. The highest BCUT2D eigenvalue weighted by Gasteiger charge is 2.16. The van der Waals surface area contributed by atoms with Crippen LogP contribution in [0.25, 0.3) is 0 Å². The van der Waals surface area contributed by atoms with Gasteiger partial charge in [0.2, 0.25) is 15.9 Å². The molecule has 1 rings (SSSR count). The Morgan fingerprint density at radius 2 is 1.79 bits per heavy atom. The molecule has 2 N–H and O–H groups in total. The Kier molecular flexibility index (Phi) is 10.2. The first-order valence-electron chi connectivity index (χ1n) is 9.65. The number of nitrogens with zero attached hydrogens (tertiary/aromatic N) is 1. The second-order valence-electron chi connectivity index (χ2n) is 7.14. The molecule has 1 amide bonds. The molecule has 0 aliphatic rings. The molecule has 8 heteroatoms. The summed E-state index contributed by atoms with van der Waals surface area (Å²) in [7, 11) is -3.34. The number of carbonyl (C=O) groups excluding carboxylic acids is 2. The predicted molar refractivity (Wildman–Crippen MR) is 111 cm³/mol. The maximum absolute atomic E-state index is 12.3. The standard InChI is InChI=1S/C20H32N2O5S/c1-4-22(13-7-5-6-8-16(2)23)20(25)15-19(24)14-17-9-11-18(12-10-17)21-28(3,26)27/h9-12,16,21,23H,4-8,13-15H2,1-3H3. The molecule has 0 saturated heterocycles. The van der Waals surface area contributed by atoms with Crippen molar-refractivity contribution in [3.05, 3.63) is 29.8 Å². The molecular formula is C20H32N2O5S. The number of anilines is 1. The van der Waals surface area contributed by atoms with Crippen LogP contribution in [0.2, 0.25) is 0 Å². The van der Waals surface area contributed by atoms with Gasteiger partial charge in [-0.05, 0) is 44.4 Å². The molecule has 28 heavy (non-hydrogen) atoms. The van der Waals surface area contributed by atoms with E-state index in [1.807, 2.05) is 6.92 Å². The third kappa shape index (κ3) is 10.4. The summed E-state index contributed by atoms with van der Waals surface area (Å²) in [5.74, 6) is -0.334. The van der Waals surface area contributed by atoms with Crippen LogP contribution in [0.5, 0.6) is 0 Å². The highest BCUT2D eigenvalue weighted by molar-refractivity contribution is 7.92. The number of aliphatic hydroxyl groups excluding tert-OH is 1. The van der Waals surface area contributed by atoms with E-state index < -0.39 is 10.0 Å². The van der Waals surface area contributed by atoms with Crippen LogP contribution < -0.4 is 4.72 Å². The fourth-order valence-electron chi connectivity index (χ4n) is 2.85. The first-order chi connectivity index (χ1) is 13.1. The van der Waals surface area contributed by atoms with Gasteiger partial charge in [0.25, 0.3) is 0 Å². The molecule has 0 aliphatic heterocycles. The van der Waals surface area contributed by atoms with Gasteiger partial charge in [0, 0.05) is 25.2 Å². The van der Waals surface area contributed by atoms with Gasteiger partial charge in [-0.15, -0.1) is 0 Å². The minimum atomic E-state index is -3.34. The van der Waals surface area contributed by atoms with Crippen molar-refractivity contribution >= 4 is 27.4 Å². The zero-order valence-corrected chi connectivity index (χ0v) is 17.8. The first kappa shape index (κ1) is 24.1. The number of nitrogens with one attached hydrogen (secondary N) is 1. The van der Waals surface area contributed by atoms with Crippen molar-refractivity contribution in [3.63, 3.8) is 0 Å². The number of rotatable bonds is 13. The molecule has 1 atom stereocenters. The molecule has 0 saturated carbocycles. The van der Waals surface area contributed by atoms with Gasteiger partial charge >= 0.3 is 0 Å². The summed E-state index contributed by atoms with van der Waals surface area (Å²) in [6.45, 7) is 4.84. The van der Waals surface area contributed by atoms with Gasteiger partial charge in [0.15, 0.2) is 0 Å². The summed E-state index contributed by atoms with van der Waals surface area (Å²) in [6, 6.07) is 6.54. The van der Waals surface area contributed by atoms with E-state index in [9.17, 15) is 23.1 Å². The zero-order valence-electron chi connectivity index (χ0n) is 17.0. The summed E-state index contributed by atoms with van der Waals surface area (Å²) >= 11 is 0. The molecule has 1 aromatic carbocycles. The van der Waals surface area contributed by atoms with Crippen molar-refractivity contribution in [2.24, 2.45) is 0 Å². The molecule has 0 spiro atoms. The monoisotopic (exact) mass is 412 g/mol. The highest BCUT2D eigenvalue weighted by atomic mass is 32.2. The van der Waals surface area contributed by atoms with E-state index in [2.05, 4.69) is 4.72 Å². The minimum absolute atomic E-state index is 0.134. The van der Waals surface area contributed by atoms with Crippen LogP contribution in [-0.4, -0.2) is 55.6 Å². The summed E-state index contributed by atoms with van der Waals surface area (Å²) < 4.78 is 24.8. The Hall–Kier alpha value is -1.93. The lowest BCUT2D eigenvalue weighted by Crippen LogP contribution is -2.33. The number of hydrogen-bond donors (Lipinski definition) is 2. The van der Waals surface area contributed by atoms with Crippen LogP contribution in [0.4, 0.5) is 5.69 Å². The fraction of sp³-hybridized carbons (Fsp3) is 0.600. The number of benzene rings is 1. The van der Waals surface area contributed by atoms with Gasteiger partial charge in [-0.2, -0.15) is 0 Å². The third-order valence-electron chi connectivity index (χ3n) is 4.29. The molecule has 1 aromatic rings. The summed E-state index contributed by atoms with van der Waals surface area (Å²) in [5, 5.41) is 9.25. The lowest BCUT2D eigenvalue weighted by atomic mass is 10.1. The van der Waals surface area contributed by atoms with Gasteiger partial charge in [0.05, 0.1) is 18.8 Å². The number of Topliss-reactive ketones (excluding diaryl/α,β-unsaturated/α-hetero) is 1. The van der Waals surface area contributed by atoms with Crippen LogP contribution >= 0.6 is 0 Å². The Bertz CT molecular complexity index is 729. The van der Waals surface area contributed by atoms with E-state index in [-0.39, 0.29) is 30.6 Å². The lowest BCUT2D eigenvalue weighted by molar-refractivity contribution is -0.135. The van der Waals surface area contributed by atoms with E-state index in [4.69, 9.17) is 0 Å². The Labute approximate surface area is 168 Å². The first-order valence-corrected chi connectivity index (χ1v) is 11.5. The number of unbranched alkanes of at least 4 members (excludes halogenated alkanes) is 2. The van der Waals surface area contributed by atoms with Gasteiger partial charge < -0.3 is 10.0 Å². The smallest absolute Gasteiger partial charge is 0.230 e. The van der Waals surface area contributed by atoms with Gasteiger partial charge in [-0.3, -0.25) is 14.3 Å². The summed E-state index contributed by atoms with van der Waals surface area (Å²) in [6.07, 6.45) is 4.26. The average Bonchev–Trinajstić information content (AvgIpc) is 2.58. The molecule has 7 nitrogen and oxygen atoms in total. The van der Waals surface area contributed by atoms with Crippen molar-refractivity contribution in [3.8, 4) is 0 Å². The number of sulfonamides is 1. The van der Waals surface area contributed by atoms with Crippen LogP contribution in [0, 0.1) is 0 Å².